The fourth-order valence-electron chi connectivity index (χ4n) is 4.39. The number of anilines is 1. The molecule has 8 nitrogen and oxygen atoms in total. The molecule has 0 saturated carbocycles. The maximum atomic E-state index is 13.2. The molecule has 1 fully saturated rings. The summed E-state index contributed by atoms with van der Waals surface area (Å²) in [4.78, 5) is 33.8. The molecule has 0 unspecified atom stereocenters. The highest BCUT2D eigenvalue weighted by Gasteiger charge is 2.29. The van der Waals surface area contributed by atoms with E-state index in [1.54, 1.807) is 36.4 Å². The number of H-pyrrole nitrogens is 1. The molecule has 0 atom stereocenters. The van der Waals surface area contributed by atoms with Crippen molar-refractivity contribution in [3.05, 3.63) is 70.8 Å². The number of nitrogens with one attached hydrogen (secondary N) is 2. The Morgan fingerprint density at radius 3 is 2.44 bits per heavy atom. The first kappa shape index (κ1) is 30.3. The molecule has 2 amide bonds. The number of alkyl halides is 1. The number of halogens is 2. The fourth-order valence-corrected chi connectivity index (χ4v) is 5.64. The summed E-state index contributed by atoms with van der Waals surface area (Å²) in [6, 6.07) is 5.00. The largest absolute Gasteiger partial charge is 0.358 e. The Labute approximate surface area is 229 Å². The lowest BCUT2D eigenvalue weighted by molar-refractivity contribution is -0.110. The van der Waals surface area contributed by atoms with Gasteiger partial charge in [0.1, 0.15) is 12.5 Å². The lowest BCUT2D eigenvalue weighted by Gasteiger charge is -2.32. The van der Waals surface area contributed by atoms with Crippen LogP contribution < -0.4 is 5.32 Å². The Morgan fingerprint density at radius 2 is 1.85 bits per heavy atom. The monoisotopic (exact) mass is 562 g/mol. The number of aromatic amines is 1. The van der Waals surface area contributed by atoms with E-state index < -0.39 is 23.1 Å². The van der Waals surface area contributed by atoms with Crippen LogP contribution in [0.3, 0.4) is 0 Å². The molecule has 2 aromatic rings. The predicted octanol–water partition coefficient (Wildman–Crippen LogP) is 5.64. The molecule has 1 saturated heterocycles. The van der Waals surface area contributed by atoms with Gasteiger partial charge < -0.3 is 20.1 Å². The van der Waals surface area contributed by atoms with Crippen molar-refractivity contribution in [3.63, 3.8) is 0 Å². The number of hydrogen-bond acceptors (Lipinski definition) is 5. The van der Waals surface area contributed by atoms with Crippen LogP contribution in [0, 0.1) is 13.8 Å². The van der Waals surface area contributed by atoms with Crippen molar-refractivity contribution < 1.29 is 27.5 Å². The Morgan fingerprint density at radius 1 is 1.21 bits per heavy atom. The molecule has 212 valence electrons. The van der Waals surface area contributed by atoms with Crippen LogP contribution in [0.1, 0.15) is 39.8 Å². The summed E-state index contributed by atoms with van der Waals surface area (Å²) < 4.78 is 42.7. The van der Waals surface area contributed by atoms with Gasteiger partial charge in [0.2, 0.25) is 0 Å². The van der Waals surface area contributed by atoms with Gasteiger partial charge in [0.25, 0.3) is 11.8 Å². The first-order chi connectivity index (χ1) is 18.4. The SMILES string of the molecule is C/C=C/CS(O)(O)c1ccc2c(c1)/C(=C\c1[nH]c(C)c(C(=O)N3CCN(C)CC3)c1C)C(=O)N2.C=C(F)CF. The van der Waals surface area contributed by atoms with Gasteiger partial charge in [-0.3, -0.25) is 18.7 Å². The average Bonchev–Trinajstić information content (AvgIpc) is 3.36. The van der Waals surface area contributed by atoms with Crippen LogP contribution in [0.4, 0.5) is 14.5 Å². The molecule has 0 spiro atoms. The highest BCUT2D eigenvalue weighted by atomic mass is 32.3. The van der Waals surface area contributed by atoms with Gasteiger partial charge in [-0.25, -0.2) is 8.78 Å². The lowest BCUT2D eigenvalue weighted by atomic mass is 10.0. The zero-order valence-corrected chi connectivity index (χ0v) is 23.5. The molecule has 4 rings (SSSR count). The third-order valence-corrected chi connectivity index (χ3v) is 8.30. The molecule has 11 heteroatoms. The van der Waals surface area contributed by atoms with Gasteiger partial charge in [-0.1, -0.05) is 18.7 Å². The van der Waals surface area contributed by atoms with Crippen molar-refractivity contribution >= 4 is 39.7 Å². The molecule has 0 bridgehead atoms. The van der Waals surface area contributed by atoms with Crippen LogP contribution in [0.2, 0.25) is 0 Å². The summed E-state index contributed by atoms with van der Waals surface area (Å²) in [5.41, 5.74) is 4.55. The highest BCUT2D eigenvalue weighted by molar-refractivity contribution is 8.24. The van der Waals surface area contributed by atoms with Crippen LogP contribution in [-0.4, -0.2) is 81.4 Å². The predicted molar refractivity (Wildman–Crippen MR) is 154 cm³/mol. The second kappa shape index (κ2) is 12.7. The van der Waals surface area contributed by atoms with Crippen molar-refractivity contribution in [2.75, 3.05) is 51.0 Å². The average molecular weight is 563 g/mol. The number of hydrogen-bond donors (Lipinski definition) is 4. The third kappa shape index (κ3) is 7.04. The summed E-state index contributed by atoms with van der Waals surface area (Å²) >= 11 is 0. The first-order valence-electron chi connectivity index (χ1n) is 12.5. The van der Waals surface area contributed by atoms with E-state index in [4.69, 9.17) is 0 Å². The van der Waals surface area contributed by atoms with E-state index in [9.17, 15) is 27.5 Å². The van der Waals surface area contributed by atoms with Crippen LogP contribution in [0.5, 0.6) is 0 Å². The molecule has 1 aromatic carbocycles. The number of benzene rings is 1. The Kier molecular flexibility index (Phi) is 9.89. The van der Waals surface area contributed by atoms with Crippen LogP contribution in [0.15, 0.2) is 47.7 Å². The van der Waals surface area contributed by atoms with E-state index in [2.05, 4.69) is 28.8 Å². The van der Waals surface area contributed by atoms with Crippen molar-refractivity contribution in [2.45, 2.75) is 25.7 Å². The van der Waals surface area contributed by atoms with E-state index in [1.807, 2.05) is 25.7 Å². The van der Waals surface area contributed by atoms with Gasteiger partial charge in [-0.15, -0.1) is 0 Å². The normalized spacial score (nSPS) is 17.2. The number of fused-ring (bicyclic) bond motifs is 1. The van der Waals surface area contributed by atoms with Crippen molar-refractivity contribution in [1.82, 2.24) is 14.8 Å². The maximum absolute atomic E-state index is 13.2. The maximum Gasteiger partial charge on any atom is 0.256 e. The second-order valence-corrected chi connectivity index (χ2v) is 11.7. The quantitative estimate of drug-likeness (QED) is 0.269. The van der Waals surface area contributed by atoms with Crippen molar-refractivity contribution in [3.8, 4) is 0 Å². The summed E-state index contributed by atoms with van der Waals surface area (Å²) in [6.07, 6.45) is 5.23. The van der Waals surface area contributed by atoms with Gasteiger partial charge in [-0.05, 0) is 57.7 Å². The minimum Gasteiger partial charge on any atom is -0.358 e. The van der Waals surface area contributed by atoms with Crippen LogP contribution in [-0.2, 0) is 4.79 Å². The van der Waals surface area contributed by atoms with Gasteiger partial charge in [0.05, 0.1) is 21.8 Å². The number of rotatable bonds is 6. The smallest absolute Gasteiger partial charge is 0.256 e. The molecule has 2 aliphatic rings. The number of carbonyl (C=O) groups excluding carboxylic acids is 2. The van der Waals surface area contributed by atoms with E-state index in [0.717, 1.165) is 24.3 Å². The standard InChI is InChI=1S/C25H32N4O4S.C3H4F2/c1-5-6-13-34(32,33)18-7-8-21-19(14-18)20(24(30)27-21)15-22-16(2)23(17(3)26-22)25(31)29-11-9-28(4)10-12-29;1-3(5)2-4/h5-8,14-15,26,32-33H,9-13H2,1-4H3,(H,27,30);1-2H2/b6-5+,20-15+;. The van der Waals surface area contributed by atoms with Gasteiger partial charge >= 0.3 is 0 Å². The van der Waals surface area contributed by atoms with E-state index in [0.29, 0.717) is 46.1 Å². The third-order valence-electron chi connectivity index (χ3n) is 6.63. The van der Waals surface area contributed by atoms with Crippen molar-refractivity contribution in [2.24, 2.45) is 0 Å². The van der Waals surface area contributed by atoms with Gasteiger partial charge in [-0.2, -0.15) is 10.6 Å². The summed E-state index contributed by atoms with van der Waals surface area (Å²) in [6.45, 7) is 10.2. The number of allylic oxidation sites excluding steroid dienone is 2. The minimum atomic E-state index is -3.01. The molecule has 3 heterocycles. The van der Waals surface area contributed by atoms with Crippen LogP contribution in [0.25, 0.3) is 11.6 Å². The second-order valence-electron chi connectivity index (χ2n) is 9.53. The fraction of sp³-hybridized carbons (Fsp3) is 0.357. The van der Waals surface area contributed by atoms with Gasteiger partial charge in [0, 0.05) is 48.8 Å². The molecule has 0 aliphatic carbocycles. The Balaban J connectivity index is 0.000000771. The highest BCUT2D eigenvalue weighted by Crippen LogP contribution is 2.50. The summed E-state index contributed by atoms with van der Waals surface area (Å²) in [7, 11) is -0.961. The summed E-state index contributed by atoms with van der Waals surface area (Å²) in [5.74, 6) is -1.06. The molecular formula is C28H36F2N4O4S. The lowest BCUT2D eigenvalue weighted by Crippen LogP contribution is -2.47. The molecule has 0 radical (unpaired) electrons. The van der Waals surface area contributed by atoms with Crippen LogP contribution >= 0.6 is 10.6 Å². The number of likely N-dealkylation sites (N-methyl/N-ethyl adjacent to an activating group) is 1. The van der Waals surface area contributed by atoms with Crippen molar-refractivity contribution in [1.29, 1.82) is 0 Å². The van der Waals surface area contributed by atoms with Gasteiger partial charge in [0.15, 0.2) is 0 Å². The Bertz CT molecular complexity index is 1310. The molecule has 1 aromatic heterocycles. The number of aromatic nitrogens is 1. The zero-order chi connectivity index (χ0) is 28.9. The molecule has 2 aliphatic heterocycles. The zero-order valence-electron chi connectivity index (χ0n) is 22.7. The molecular weight excluding hydrogens is 526 g/mol. The number of amides is 2. The molecule has 4 N–H and O–H groups in total. The van der Waals surface area contributed by atoms with E-state index in [-0.39, 0.29) is 17.6 Å². The van der Waals surface area contributed by atoms with E-state index >= 15 is 0 Å². The Hall–Kier alpha value is -3.25. The molecule has 39 heavy (non-hydrogen) atoms. The number of piperazine rings is 1. The minimum absolute atomic E-state index is 0.000448. The van der Waals surface area contributed by atoms with E-state index in [1.165, 1.54) is 0 Å². The summed E-state index contributed by atoms with van der Waals surface area (Å²) in [5, 5.41) is 2.84. The number of nitrogens with zero attached hydrogens (tertiary/aromatic N) is 2. The number of carbonyl (C=O) groups is 2. The topological polar surface area (TPSA) is 109 Å². The number of aryl methyl sites for hydroxylation is 1. The first-order valence-corrected chi connectivity index (χ1v) is 14.2.